The maximum atomic E-state index is 9.21. The van der Waals surface area contributed by atoms with Gasteiger partial charge in [-0.05, 0) is 30.4 Å². The maximum Gasteiger partial charge on any atom is 0.0999 e. The summed E-state index contributed by atoms with van der Waals surface area (Å²) in [6.07, 6.45) is 2.81. The average molecular weight is 322 g/mol. The molecule has 5 heteroatoms. The number of thioether (sulfide) groups is 1. The van der Waals surface area contributed by atoms with Crippen molar-refractivity contribution in [2.45, 2.75) is 11.3 Å². The summed E-state index contributed by atoms with van der Waals surface area (Å²) in [5.74, 6) is 1.03. The topological polar surface area (TPSA) is 52.5 Å². The molecule has 18 heavy (non-hydrogen) atoms. The minimum atomic E-state index is 0.683. The first kappa shape index (κ1) is 13.2. The van der Waals surface area contributed by atoms with Crippen molar-refractivity contribution in [3.63, 3.8) is 0 Å². The molecule has 0 aliphatic carbocycles. The van der Waals surface area contributed by atoms with Crippen molar-refractivity contribution in [1.82, 2.24) is 10.2 Å². The van der Waals surface area contributed by atoms with Gasteiger partial charge in [0.15, 0.2) is 0 Å². The summed E-state index contributed by atoms with van der Waals surface area (Å²) in [4.78, 5) is 1.12. The van der Waals surface area contributed by atoms with Crippen molar-refractivity contribution >= 4 is 27.7 Å². The van der Waals surface area contributed by atoms with Crippen LogP contribution in [0.25, 0.3) is 11.3 Å². The molecule has 0 fully saturated rings. The number of halogens is 1. The van der Waals surface area contributed by atoms with Crippen molar-refractivity contribution in [3.05, 3.63) is 36.0 Å². The fourth-order valence-electron chi connectivity index (χ4n) is 1.65. The molecule has 0 unspecified atom stereocenters. The van der Waals surface area contributed by atoms with Crippen LogP contribution in [0.4, 0.5) is 0 Å². The summed E-state index contributed by atoms with van der Waals surface area (Å²) in [6.45, 7) is 0. The average Bonchev–Trinajstić information content (AvgIpc) is 2.92. The number of H-pyrrole nitrogens is 1. The van der Waals surface area contributed by atoms with E-state index in [9.17, 15) is 5.26 Å². The van der Waals surface area contributed by atoms with Crippen LogP contribution in [0.3, 0.4) is 0 Å². The Morgan fingerprint density at radius 2 is 2.28 bits per heavy atom. The molecule has 3 nitrogen and oxygen atoms in total. The van der Waals surface area contributed by atoms with E-state index in [4.69, 9.17) is 0 Å². The number of hydrogen-bond acceptors (Lipinski definition) is 3. The summed E-state index contributed by atoms with van der Waals surface area (Å²) in [7, 11) is 0. The van der Waals surface area contributed by atoms with Gasteiger partial charge in [0.2, 0.25) is 0 Å². The molecule has 1 aromatic carbocycles. The molecule has 1 N–H and O–H groups in total. The number of nitriles is 1. The van der Waals surface area contributed by atoms with Gasteiger partial charge < -0.3 is 0 Å². The van der Waals surface area contributed by atoms with E-state index in [1.807, 2.05) is 18.2 Å². The fourth-order valence-corrected chi connectivity index (χ4v) is 3.35. The molecule has 1 aromatic heterocycles. The van der Waals surface area contributed by atoms with Gasteiger partial charge in [-0.1, -0.05) is 22.0 Å². The highest BCUT2D eigenvalue weighted by molar-refractivity contribution is 9.09. The van der Waals surface area contributed by atoms with Gasteiger partial charge >= 0.3 is 0 Å². The van der Waals surface area contributed by atoms with E-state index in [-0.39, 0.29) is 0 Å². The lowest BCUT2D eigenvalue weighted by Crippen LogP contribution is -1.90. The van der Waals surface area contributed by atoms with Gasteiger partial charge in [-0.15, -0.1) is 11.8 Å². The lowest BCUT2D eigenvalue weighted by molar-refractivity contribution is 1.09. The molecular formula is C13H12BrN3S. The van der Waals surface area contributed by atoms with E-state index in [0.717, 1.165) is 33.7 Å². The molecule has 92 valence electrons. The smallest absolute Gasteiger partial charge is 0.0999 e. The number of alkyl halides is 1. The largest absolute Gasteiger partial charge is 0.278 e. The third-order valence-electron chi connectivity index (χ3n) is 2.45. The van der Waals surface area contributed by atoms with Crippen molar-refractivity contribution in [2.75, 3.05) is 11.1 Å². The van der Waals surface area contributed by atoms with Crippen LogP contribution in [0, 0.1) is 11.3 Å². The van der Waals surface area contributed by atoms with E-state index >= 15 is 0 Å². The molecule has 0 aliphatic heterocycles. The number of nitrogens with one attached hydrogen (secondary N) is 1. The zero-order chi connectivity index (χ0) is 12.8. The fraction of sp³-hybridized carbons (Fsp3) is 0.231. The second-order valence-corrected chi connectivity index (χ2v) is 5.58. The quantitative estimate of drug-likeness (QED) is 0.517. The zero-order valence-corrected chi connectivity index (χ0v) is 12.1. The second kappa shape index (κ2) is 6.62. The van der Waals surface area contributed by atoms with Crippen LogP contribution >= 0.6 is 27.7 Å². The third kappa shape index (κ3) is 2.95. The predicted octanol–water partition coefficient (Wildman–Crippen LogP) is 3.83. The maximum absolute atomic E-state index is 9.21. The zero-order valence-electron chi connectivity index (χ0n) is 9.69. The van der Waals surface area contributed by atoms with Crippen LogP contribution in [0.15, 0.2) is 35.4 Å². The van der Waals surface area contributed by atoms with Crippen LogP contribution < -0.4 is 0 Å². The van der Waals surface area contributed by atoms with Crippen molar-refractivity contribution in [1.29, 1.82) is 5.26 Å². The molecule has 0 atom stereocenters. The van der Waals surface area contributed by atoms with Gasteiger partial charge in [-0.2, -0.15) is 10.4 Å². The van der Waals surface area contributed by atoms with Gasteiger partial charge in [0.25, 0.3) is 0 Å². The molecule has 0 saturated heterocycles. The highest BCUT2D eigenvalue weighted by atomic mass is 79.9. The normalized spacial score (nSPS) is 10.2. The molecule has 0 saturated carbocycles. The molecule has 0 spiro atoms. The standard InChI is InChI=1S/C13H12BrN3S/c14-6-2-8-18-12-4-1-3-10(9-15)13(12)11-5-7-16-17-11/h1,3-5,7H,2,6,8H2,(H,16,17). The number of aromatic amines is 1. The Morgan fingerprint density at radius 1 is 1.39 bits per heavy atom. The number of hydrogen-bond donors (Lipinski definition) is 1. The van der Waals surface area contributed by atoms with Crippen LogP contribution in [-0.4, -0.2) is 21.3 Å². The van der Waals surface area contributed by atoms with Gasteiger partial charge in [0.1, 0.15) is 0 Å². The summed E-state index contributed by atoms with van der Waals surface area (Å²) in [5, 5.41) is 17.1. The Hall–Kier alpha value is -1.25. The van der Waals surface area contributed by atoms with E-state index in [1.54, 1.807) is 18.0 Å². The Bertz CT molecular complexity index is 546. The first-order valence-electron chi connectivity index (χ1n) is 5.58. The first-order chi connectivity index (χ1) is 8.86. The highest BCUT2D eigenvalue weighted by Crippen LogP contribution is 2.33. The summed E-state index contributed by atoms with van der Waals surface area (Å²) in [5.41, 5.74) is 2.54. The molecule has 0 aliphatic rings. The van der Waals surface area contributed by atoms with Crippen molar-refractivity contribution in [2.24, 2.45) is 0 Å². The summed E-state index contributed by atoms with van der Waals surface area (Å²) < 4.78 is 0. The van der Waals surface area contributed by atoms with Crippen LogP contribution in [0.5, 0.6) is 0 Å². The van der Waals surface area contributed by atoms with Crippen LogP contribution in [0.1, 0.15) is 12.0 Å². The van der Waals surface area contributed by atoms with Crippen LogP contribution in [-0.2, 0) is 0 Å². The molecular weight excluding hydrogens is 310 g/mol. The molecule has 0 amide bonds. The van der Waals surface area contributed by atoms with E-state index in [2.05, 4.69) is 38.3 Å². The molecule has 1 heterocycles. The van der Waals surface area contributed by atoms with Gasteiger partial charge in [0.05, 0.1) is 17.3 Å². The number of aromatic nitrogens is 2. The number of rotatable bonds is 5. The lowest BCUT2D eigenvalue weighted by Gasteiger charge is -2.08. The highest BCUT2D eigenvalue weighted by Gasteiger charge is 2.11. The van der Waals surface area contributed by atoms with Crippen molar-refractivity contribution < 1.29 is 0 Å². The van der Waals surface area contributed by atoms with Gasteiger partial charge in [-0.25, -0.2) is 0 Å². The minimum absolute atomic E-state index is 0.683. The Balaban J connectivity index is 2.37. The lowest BCUT2D eigenvalue weighted by atomic mass is 10.1. The number of nitrogens with zero attached hydrogens (tertiary/aromatic N) is 2. The van der Waals surface area contributed by atoms with Crippen molar-refractivity contribution in [3.8, 4) is 17.3 Å². The molecule has 0 bridgehead atoms. The summed E-state index contributed by atoms with van der Waals surface area (Å²) in [6, 6.07) is 9.95. The monoisotopic (exact) mass is 321 g/mol. The minimum Gasteiger partial charge on any atom is -0.278 e. The van der Waals surface area contributed by atoms with E-state index < -0.39 is 0 Å². The Kier molecular flexibility index (Phi) is 4.85. The second-order valence-electron chi connectivity index (χ2n) is 3.65. The first-order valence-corrected chi connectivity index (χ1v) is 7.69. The molecule has 2 rings (SSSR count). The third-order valence-corrected chi connectivity index (χ3v) is 4.16. The Morgan fingerprint density at radius 3 is 2.94 bits per heavy atom. The Labute approximate surface area is 119 Å². The molecule has 2 aromatic rings. The SMILES string of the molecule is N#Cc1cccc(SCCCBr)c1-c1ccn[nH]1. The van der Waals surface area contributed by atoms with Gasteiger partial charge in [0, 0.05) is 22.0 Å². The molecule has 0 radical (unpaired) electrons. The van der Waals surface area contributed by atoms with Crippen LogP contribution in [0.2, 0.25) is 0 Å². The van der Waals surface area contributed by atoms with E-state index in [1.165, 1.54) is 0 Å². The van der Waals surface area contributed by atoms with Gasteiger partial charge in [-0.3, -0.25) is 5.10 Å². The van der Waals surface area contributed by atoms with E-state index in [0.29, 0.717) is 5.56 Å². The number of benzene rings is 1. The predicted molar refractivity (Wildman–Crippen MR) is 77.9 cm³/mol. The summed E-state index contributed by atoms with van der Waals surface area (Å²) >= 11 is 5.20.